The van der Waals surface area contributed by atoms with Crippen molar-refractivity contribution >= 4 is 39.2 Å². The van der Waals surface area contributed by atoms with E-state index in [4.69, 9.17) is 11.6 Å². The fourth-order valence-corrected chi connectivity index (χ4v) is 2.24. The highest BCUT2D eigenvalue weighted by Gasteiger charge is 2.20. The lowest BCUT2D eigenvalue weighted by Gasteiger charge is -2.17. The predicted octanol–water partition coefficient (Wildman–Crippen LogP) is 4.65. The summed E-state index contributed by atoms with van der Waals surface area (Å²) in [5.41, 5.74) is 2.27. The summed E-state index contributed by atoms with van der Waals surface area (Å²) < 4.78 is 0.938. The predicted molar refractivity (Wildman–Crippen MR) is 84.3 cm³/mol. The van der Waals surface area contributed by atoms with E-state index in [9.17, 15) is 9.90 Å². The highest BCUT2D eigenvalue weighted by Crippen LogP contribution is 2.25. The molecule has 20 heavy (non-hydrogen) atoms. The molecule has 0 aliphatic heterocycles. The zero-order chi connectivity index (χ0) is 14.7. The maximum Gasteiger partial charge on any atom is 0.330 e. The van der Waals surface area contributed by atoms with E-state index in [0.717, 1.165) is 15.7 Å². The van der Waals surface area contributed by atoms with Gasteiger partial charge in [-0.25, -0.2) is 4.79 Å². The van der Waals surface area contributed by atoms with Crippen LogP contribution in [-0.2, 0) is 4.79 Å². The summed E-state index contributed by atoms with van der Waals surface area (Å²) in [6.07, 6.45) is 0. The molecule has 2 aromatic rings. The number of aliphatic carboxylic acids is 1. The molecule has 0 aromatic heterocycles. The monoisotopic (exact) mass is 353 g/mol. The largest absolute Gasteiger partial charge is 0.479 e. The molecular weight excluding hydrogens is 342 g/mol. The molecule has 1 atom stereocenters. The van der Waals surface area contributed by atoms with E-state index in [-0.39, 0.29) is 0 Å². The first kappa shape index (κ1) is 14.9. The molecule has 0 saturated heterocycles. The number of halogens is 2. The van der Waals surface area contributed by atoms with Gasteiger partial charge in [0.25, 0.3) is 0 Å². The molecule has 0 aliphatic carbocycles. The van der Waals surface area contributed by atoms with Crippen LogP contribution in [0.25, 0.3) is 0 Å². The molecule has 2 rings (SSSR count). The van der Waals surface area contributed by atoms with Crippen molar-refractivity contribution in [3.05, 3.63) is 63.1 Å². The van der Waals surface area contributed by atoms with E-state index in [1.54, 1.807) is 12.1 Å². The standard InChI is InChI=1S/C15H13BrClNO2/c1-9-2-3-10(8-13(9)17)14(15(19)20)18-12-6-4-11(16)5-7-12/h2-8,14,18H,1H3,(H,19,20). The van der Waals surface area contributed by atoms with Crippen molar-refractivity contribution < 1.29 is 9.90 Å². The van der Waals surface area contributed by atoms with Crippen molar-refractivity contribution in [1.29, 1.82) is 0 Å². The minimum absolute atomic E-state index is 0.561. The Morgan fingerprint density at radius 1 is 1.25 bits per heavy atom. The first-order chi connectivity index (χ1) is 9.47. The van der Waals surface area contributed by atoms with Crippen LogP contribution >= 0.6 is 27.5 Å². The average Bonchev–Trinajstić information content (AvgIpc) is 2.41. The number of anilines is 1. The molecule has 2 aromatic carbocycles. The quantitative estimate of drug-likeness (QED) is 0.840. The summed E-state index contributed by atoms with van der Waals surface area (Å²) in [4.78, 5) is 11.5. The molecule has 3 nitrogen and oxygen atoms in total. The Kier molecular flexibility index (Phi) is 4.68. The number of nitrogens with one attached hydrogen (secondary N) is 1. The molecule has 0 heterocycles. The van der Waals surface area contributed by atoms with E-state index < -0.39 is 12.0 Å². The van der Waals surface area contributed by atoms with Gasteiger partial charge in [-0.1, -0.05) is 39.7 Å². The first-order valence-electron chi connectivity index (χ1n) is 5.98. The van der Waals surface area contributed by atoms with Gasteiger partial charge in [0.15, 0.2) is 6.04 Å². The molecule has 0 fully saturated rings. The van der Waals surface area contributed by atoms with Gasteiger partial charge in [0, 0.05) is 15.2 Å². The van der Waals surface area contributed by atoms with Gasteiger partial charge in [-0.05, 0) is 48.4 Å². The molecule has 0 saturated carbocycles. The summed E-state index contributed by atoms with van der Waals surface area (Å²) in [6, 6.07) is 11.8. The fourth-order valence-electron chi connectivity index (χ4n) is 1.79. The molecule has 0 amide bonds. The van der Waals surface area contributed by atoms with Gasteiger partial charge in [-0.3, -0.25) is 0 Å². The Morgan fingerprint density at radius 2 is 1.90 bits per heavy atom. The average molecular weight is 355 g/mol. The molecule has 0 radical (unpaired) electrons. The first-order valence-corrected chi connectivity index (χ1v) is 7.15. The number of rotatable bonds is 4. The lowest BCUT2D eigenvalue weighted by Crippen LogP contribution is -2.20. The van der Waals surface area contributed by atoms with Crippen LogP contribution in [-0.4, -0.2) is 11.1 Å². The van der Waals surface area contributed by atoms with Gasteiger partial charge in [-0.15, -0.1) is 0 Å². The van der Waals surface area contributed by atoms with Crippen LogP contribution in [0.5, 0.6) is 0 Å². The second kappa shape index (κ2) is 6.29. The smallest absolute Gasteiger partial charge is 0.330 e. The van der Waals surface area contributed by atoms with Crippen LogP contribution < -0.4 is 5.32 Å². The lowest BCUT2D eigenvalue weighted by atomic mass is 10.0. The third-order valence-electron chi connectivity index (χ3n) is 2.93. The van der Waals surface area contributed by atoms with Crippen molar-refractivity contribution in [2.75, 3.05) is 5.32 Å². The van der Waals surface area contributed by atoms with Crippen LogP contribution in [0.3, 0.4) is 0 Å². The Hall–Kier alpha value is -1.52. The molecule has 2 N–H and O–H groups in total. The molecular formula is C15H13BrClNO2. The van der Waals surface area contributed by atoms with E-state index >= 15 is 0 Å². The Morgan fingerprint density at radius 3 is 2.45 bits per heavy atom. The second-order valence-electron chi connectivity index (χ2n) is 4.43. The maximum atomic E-state index is 11.5. The third kappa shape index (κ3) is 3.52. The Labute approximate surface area is 130 Å². The summed E-state index contributed by atoms with van der Waals surface area (Å²) in [5.74, 6) is -0.951. The van der Waals surface area contributed by atoms with Crippen LogP contribution in [0.15, 0.2) is 46.9 Å². The van der Waals surface area contributed by atoms with Gasteiger partial charge in [0.1, 0.15) is 0 Å². The van der Waals surface area contributed by atoms with Gasteiger partial charge in [0.2, 0.25) is 0 Å². The van der Waals surface area contributed by atoms with E-state index in [2.05, 4.69) is 21.2 Å². The number of hydrogen-bond acceptors (Lipinski definition) is 2. The van der Waals surface area contributed by atoms with E-state index in [1.807, 2.05) is 37.3 Å². The van der Waals surface area contributed by atoms with Crippen molar-refractivity contribution in [1.82, 2.24) is 0 Å². The minimum atomic E-state index is -0.951. The van der Waals surface area contributed by atoms with Crippen LogP contribution in [0.4, 0.5) is 5.69 Å². The zero-order valence-corrected chi connectivity index (χ0v) is 13.1. The molecule has 0 bridgehead atoms. The number of carboxylic acid groups (broad SMARTS) is 1. The molecule has 104 valence electrons. The SMILES string of the molecule is Cc1ccc(C(Nc2ccc(Br)cc2)C(=O)O)cc1Cl. The summed E-state index contributed by atoms with van der Waals surface area (Å²) in [7, 11) is 0. The van der Waals surface area contributed by atoms with Gasteiger partial charge < -0.3 is 10.4 Å². The minimum Gasteiger partial charge on any atom is -0.479 e. The van der Waals surface area contributed by atoms with Crippen molar-refractivity contribution in [3.8, 4) is 0 Å². The number of carboxylic acids is 1. The topological polar surface area (TPSA) is 49.3 Å². The molecule has 0 spiro atoms. The molecule has 5 heteroatoms. The van der Waals surface area contributed by atoms with E-state index in [0.29, 0.717) is 10.6 Å². The van der Waals surface area contributed by atoms with Crippen molar-refractivity contribution in [3.63, 3.8) is 0 Å². The lowest BCUT2D eigenvalue weighted by molar-refractivity contribution is -0.138. The van der Waals surface area contributed by atoms with Crippen molar-refractivity contribution in [2.45, 2.75) is 13.0 Å². The number of hydrogen-bond donors (Lipinski definition) is 2. The van der Waals surface area contributed by atoms with Crippen LogP contribution in [0, 0.1) is 6.92 Å². The van der Waals surface area contributed by atoms with Gasteiger partial charge >= 0.3 is 5.97 Å². The number of carbonyl (C=O) groups is 1. The number of aryl methyl sites for hydroxylation is 1. The van der Waals surface area contributed by atoms with Crippen molar-refractivity contribution in [2.24, 2.45) is 0 Å². The normalized spacial score (nSPS) is 11.9. The molecule has 0 aliphatic rings. The highest BCUT2D eigenvalue weighted by atomic mass is 79.9. The number of benzene rings is 2. The third-order valence-corrected chi connectivity index (χ3v) is 3.87. The molecule has 1 unspecified atom stereocenters. The summed E-state index contributed by atoms with van der Waals surface area (Å²) >= 11 is 9.40. The summed E-state index contributed by atoms with van der Waals surface area (Å²) in [6.45, 7) is 1.88. The fraction of sp³-hybridized carbons (Fsp3) is 0.133. The van der Waals surface area contributed by atoms with Crippen LogP contribution in [0.1, 0.15) is 17.2 Å². The second-order valence-corrected chi connectivity index (χ2v) is 5.75. The van der Waals surface area contributed by atoms with Gasteiger partial charge in [0.05, 0.1) is 0 Å². The highest BCUT2D eigenvalue weighted by molar-refractivity contribution is 9.10. The Bertz CT molecular complexity index is 628. The van der Waals surface area contributed by atoms with E-state index in [1.165, 1.54) is 0 Å². The van der Waals surface area contributed by atoms with Crippen LogP contribution in [0.2, 0.25) is 5.02 Å². The zero-order valence-electron chi connectivity index (χ0n) is 10.7. The summed E-state index contributed by atoms with van der Waals surface area (Å²) in [5, 5.41) is 12.9. The van der Waals surface area contributed by atoms with Gasteiger partial charge in [-0.2, -0.15) is 0 Å². The maximum absolute atomic E-state index is 11.5. The Balaban J connectivity index is 2.29.